The summed E-state index contributed by atoms with van der Waals surface area (Å²) in [5, 5.41) is 18.5. The molecule has 3 aromatic carbocycles. The molecular weight excluding hydrogens is 594 g/mol. The number of unbranched alkanes of at least 4 members (excludes halogenated alkanes) is 1. The van der Waals surface area contributed by atoms with Gasteiger partial charge in [0.15, 0.2) is 5.58 Å². The Morgan fingerprint density at radius 3 is 2.51 bits per heavy atom. The molecule has 1 aromatic heterocycles. The van der Waals surface area contributed by atoms with Crippen molar-refractivity contribution in [3.63, 3.8) is 0 Å². The van der Waals surface area contributed by atoms with Crippen LogP contribution < -0.4 is 9.47 Å². The van der Waals surface area contributed by atoms with Gasteiger partial charge < -0.3 is 29.0 Å². The lowest BCUT2D eigenvalue weighted by atomic mass is 9.93. The van der Waals surface area contributed by atoms with Crippen LogP contribution in [-0.2, 0) is 11.3 Å². The number of aliphatic hydroxyl groups is 1. The second-order valence-corrected chi connectivity index (χ2v) is 12.7. The maximum absolute atomic E-state index is 11.5. The average Bonchev–Trinajstić information content (AvgIpc) is 3.47. The number of hydrogen-bond donors (Lipinski definition) is 2. The van der Waals surface area contributed by atoms with Gasteiger partial charge >= 0.3 is 5.97 Å². The summed E-state index contributed by atoms with van der Waals surface area (Å²) in [5.74, 6) is 1.39. The van der Waals surface area contributed by atoms with Gasteiger partial charge in [-0.05, 0) is 107 Å². The normalized spacial score (nSPS) is 15.4. The van der Waals surface area contributed by atoms with E-state index in [0.29, 0.717) is 30.4 Å². The first kappa shape index (κ1) is 34.4. The van der Waals surface area contributed by atoms with Gasteiger partial charge in [0.2, 0.25) is 5.89 Å². The molecule has 0 amide bonds. The van der Waals surface area contributed by atoms with Gasteiger partial charge in [-0.1, -0.05) is 30.7 Å². The van der Waals surface area contributed by atoms with E-state index in [1.165, 1.54) is 0 Å². The number of nitrogens with zero attached hydrogens (tertiary/aromatic N) is 3. The van der Waals surface area contributed by atoms with Crippen molar-refractivity contribution in [2.75, 3.05) is 47.0 Å². The van der Waals surface area contributed by atoms with E-state index in [4.69, 9.17) is 24.0 Å². The maximum atomic E-state index is 11.5. The molecule has 0 saturated carbocycles. The topological polar surface area (TPSA) is 109 Å². The second-order valence-electron chi connectivity index (χ2n) is 12.7. The Morgan fingerprint density at radius 1 is 1.00 bits per heavy atom. The number of aromatic nitrogens is 1. The third-order valence-corrected chi connectivity index (χ3v) is 9.35. The zero-order chi connectivity index (χ0) is 33.3. The van der Waals surface area contributed by atoms with Crippen LogP contribution in [0.25, 0.3) is 33.7 Å². The highest BCUT2D eigenvalue weighted by atomic mass is 16.5. The number of ether oxygens (including phenoxy) is 2. The van der Waals surface area contributed by atoms with Crippen LogP contribution >= 0.6 is 0 Å². The Labute approximate surface area is 278 Å². The Kier molecular flexibility index (Phi) is 11.9. The molecule has 1 aliphatic heterocycles. The van der Waals surface area contributed by atoms with Gasteiger partial charge in [-0.2, -0.15) is 0 Å². The lowest BCUT2D eigenvalue weighted by Gasteiger charge is -2.35. The summed E-state index contributed by atoms with van der Waals surface area (Å²) >= 11 is 0. The molecule has 4 aromatic rings. The molecule has 9 nitrogen and oxygen atoms in total. The summed E-state index contributed by atoms with van der Waals surface area (Å²) < 4.78 is 18.3. The fourth-order valence-electron chi connectivity index (χ4n) is 6.69. The minimum absolute atomic E-state index is 0.0156. The summed E-state index contributed by atoms with van der Waals surface area (Å²) in [6.07, 6.45) is 5.92. The number of fused-ring (bicyclic) bond motifs is 1. The number of aliphatic carboxylic acids is 1. The first-order chi connectivity index (χ1) is 22.8. The first-order valence-corrected chi connectivity index (χ1v) is 16.8. The molecule has 47 heavy (non-hydrogen) atoms. The Bertz CT molecular complexity index is 1650. The molecule has 9 heteroatoms. The standard InChI is InChI=1S/C38H49N3O6/c1-26-30(31-14-10-16-34(27(31)2)46-21-11-18-40(3)17-7-8-20-42)13-9-15-32(26)38-39-33-22-28(35(45-4)24-36(33)47-38)25-41-19-6-5-12-29(41)23-37(43)44/h9-10,13-16,22,24,29,42H,5-8,11-12,17-21,23,25H2,1-4H3,(H,43,44). The predicted octanol–water partition coefficient (Wildman–Crippen LogP) is 7.09. The SMILES string of the molecule is COc1cc2oc(-c3cccc(-c4cccc(OCCCN(C)CCCCO)c4C)c3C)nc2cc1CN1CCCCC1CC(=O)O. The number of carboxylic acid groups (broad SMARTS) is 1. The average molecular weight is 644 g/mol. The first-order valence-electron chi connectivity index (χ1n) is 16.8. The van der Waals surface area contributed by atoms with E-state index in [1.807, 2.05) is 36.4 Å². The predicted molar refractivity (Wildman–Crippen MR) is 185 cm³/mol. The number of benzene rings is 3. The minimum Gasteiger partial charge on any atom is -0.496 e. The molecular formula is C38H49N3O6. The van der Waals surface area contributed by atoms with Crippen molar-refractivity contribution >= 4 is 17.1 Å². The van der Waals surface area contributed by atoms with Gasteiger partial charge in [-0.15, -0.1) is 0 Å². The highest BCUT2D eigenvalue weighted by molar-refractivity contribution is 5.82. The number of rotatable bonds is 16. The van der Waals surface area contributed by atoms with E-state index in [-0.39, 0.29) is 19.1 Å². The Morgan fingerprint density at radius 2 is 1.74 bits per heavy atom. The van der Waals surface area contributed by atoms with Crippen molar-refractivity contribution in [1.82, 2.24) is 14.8 Å². The van der Waals surface area contributed by atoms with Gasteiger partial charge in [0.1, 0.15) is 17.0 Å². The largest absolute Gasteiger partial charge is 0.496 e. The van der Waals surface area contributed by atoms with Crippen molar-refractivity contribution in [2.45, 2.75) is 71.4 Å². The monoisotopic (exact) mass is 643 g/mol. The number of oxazole rings is 1. The molecule has 1 atom stereocenters. The van der Waals surface area contributed by atoms with E-state index in [2.05, 4.69) is 42.8 Å². The number of aliphatic hydroxyl groups excluding tert-OH is 1. The van der Waals surface area contributed by atoms with Crippen LogP contribution in [0, 0.1) is 13.8 Å². The molecule has 2 N–H and O–H groups in total. The molecule has 5 rings (SSSR count). The third kappa shape index (κ3) is 8.52. The summed E-state index contributed by atoms with van der Waals surface area (Å²) in [6.45, 7) is 8.49. The van der Waals surface area contributed by atoms with Gasteiger partial charge in [0, 0.05) is 42.9 Å². The van der Waals surface area contributed by atoms with Crippen LogP contribution in [-0.4, -0.2) is 84.0 Å². The fourth-order valence-corrected chi connectivity index (χ4v) is 6.69. The summed E-state index contributed by atoms with van der Waals surface area (Å²) in [5.41, 5.74) is 7.67. The summed E-state index contributed by atoms with van der Waals surface area (Å²) in [6, 6.07) is 16.3. The van der Waals surface area contributed by atoms with E-state index >= 15 is 0 Å². The molecule has 1 fully saturated rings. The number of piperidine rings is 1. The van der Waals surface area contributed by atoms with Gasteiger partial charge in [-0.25, -0.2) is 4.98 Å². The van der Waals surface area contributed by atoms with E-state index in [1.54, 1.807) is 7.11 Å². The fraction of sp³-hybridized carbons (Fsp3) is 0.474. The number of likely N-dealkylation sites (tertiary alicyclic amines) is 1. The molecule has 1 aliphatic rings. The van der Waals surface area contributed by atoms with Crippen molar-refractivity contribution in [1.29, 1.82) is 0 Å². The number of carboxylic acids is 1. The quantitative estimate of drug-likeness (QED) is 0.124. The van der Waals surface area contributed by atoms with E-state index in [9.17, 15) is 9.90 Å². The van der Waals surface area contributed by atoms with Crippen molar-refractivity contribution in [3.8, 4) is 34.1 Å². The van der Waals surface area contributed by atoms with Crippen LogP contribution in [0.4, 0.5) is 0 Å². The van der Waals surface area contributed by atoms with Crippen LogP contribution in [0.15, 0.2) is 52.9 Å². The molecule has 0 aliphatic carbocycles. The van der Waals surface area contributed by atoms with Gasteiger partial charge in [-0.3, -0.25) is 9.69 Å². The zero-order valence-electron chi connectivity index (χ0n) is 28.3. The van der Waals surface area contributed by atoms with E-state index in [0.717, 1.165) is 103 Å². The highest BCUT2D eigenvalue weighted by Gasteiger charge is 2.26. The molecule has 1 saturated heterocycles. The molecule has 0 bridgehead atoms. The van der Waals surface area contributed by atoms with Crippen LogP contribution in [0.2, 0.25) is 0 Å². The maximum Gasteiger partial charge on any atom is 0.304 e. The lowest BCUT2D eigenvalue weighted by molar-refractivity contribution is -0.138. The lowest BCUT2D eigenvalue weighted by Crippen LogP contribution is -2.40. The van der Waals surface area contributed by atoms with Gasteiger partial charge in [0.05, 0.1) is 20.1 Å². The van der Waals surface area contributed by atoms with Crippen LogP contribution in [0.3, 0.4) is 0 Å². The molecule has 252 valence electrons. The van der Waals surface area contributed by atoms with E-state index < -0.39 is 5.97 Å². The number of carbonyl (C=O) groups is 1. The molecule has 0 spiro atoms. The third-order valence-electron chi connectivity index (χ3n) is 9.35. The van der Waals surface area contributed by atoms with Crippen molar-refractivity contribution in [3.05, 3.63) is 65.2 Å². The van der Waals surface area contributed by atoms with Crippen LogP contribution in [0.1, 0.15) is 61.6 Å². The molecule has 2 heterocycles. The number of methoxy groups -OCH3 is 1. The van der Waals surface area contributed by atoms with Crippen LogP contribution in [0.5, 0.6) is 11.5 Å². The molecule has 1 unspecified atom stereocenters. The smallest absolute Gasteiger partial charge is 0.304 e. The van der Waals surface area contributed by atoms with Crippen molar-refractivity contribution in [2.24, 2.45) is 0 Å². The summed E-state index contributed by atoms with van der Waals surface area (Å²) in [4.78, 5) is 21.0. The Balaban J connectivity index is 1.34. The van der Waals surface area contributed by atoms with Gasteiger partial charge in [0.25, 0.3) is 0 Å². The Hall–Kier alpha value is -3.92. The number of hydrogen-bond acceptors (Lipinski definition) is 8. The second kappa shape index (κ2) is 16.3. The summed E-state index contributed by atoms with van der Waals surface area (Å²) in [7, 11) is 3.76. The molecule has 0 radical (unpaired) electrons. The van der Waals surface area contributed by atoms with Crippen molar-refractivity contribution < 1.29 is 28.9 Å². The zero-order valence-corrected chi connectivity index (χ0v) is 28.3. The minimum atomic E-state index is -0.761. The highest BCUT2D eigenvalue weighted by Crippen LogP contribution is 2.38.